The van der Waals surface area contributed by atoms with Gasteiger partial charge < -0.3 is 19.7 Å². The van der Waals surface area contributed by atoms with Crippen molar-refractivity contribution in [3.05, 3.63) is 23.8 Å². The van der Waals surface area contributed by atoms with Crippen molar-refractivity contribution in [3.8, 4) is 11.5 Å². The number of hydrogen-bond acceptors (Lipinski definition) is 5. The predicted octanol–water partition coefficient (Wildman–Crippen LogP) is -0.916. The minimum atomic E-state index is -3.40. The van der Waals surface area contributed by atoms with E-state index in [1.165, 1.54) is 9.21 Å². The summed E-state index contributed by atoms with van der Waals surface area (Å²) in [6.07, 6.45) is 1.73. The van der Waals surface area contributed by atoms with Crippen molar-refractivity contribution in [2.75, 3.05) is 46.3 Å². The number of nitrogens with zero attached hydrogens (tertiary/aromatic N) is 1. The molecule has 0 unspecified atom stereocenters. The Labute approximate surface area is 154 Å². The van der Waals surface area contributed by atoms with Crippen LogP contribution >= 0.6 is 0 Å². The topological polar surface area (TPSA) is 89.4 Å². The lowest BCUT2D eigenvalue weighted by Crippen LogP contribution is -3.10. The summed E-state index contributed by atoms with van der Waals surface area (Å²) in [5.74, 6) is 0.683. The number of likely N-dealkylation sites (tertiary alicyclic amines) is 1. The maximum atomic E-state index is 12.5. The van der Waals surface area contributed by atoms with Gasteiger partial charge in [0, 0.05) is 38.0 Å². The van der Waals surface area contributed by atoms with Crippen LogP contribution < -0.4 is 19.7 Å². The summed E-state index contributed by atoms with van der Waals surface area (Å²) in [6, 6.07) is 4.95. The molecule has 0 radical (unpaired) electrons. The van der Waals surface area contributed by atoms with Crippen molar-refractivity contribution in [1.29, 1.82) is 0 Å². The van der Waals surface area contributed by atoms with Gasteiger partial charge in [0.05, 0.1) is 25.9 Å². The maximum Gasteiger partial charge on any atom is 0.251 e. The van der Waals surface area contributed by atoms with Gasteiger partial charge in [-0.15, -0.1) is 0 Å². The van der Waals surface area contributed by atoms with Crippen LogP contribution in [-0.2, 0) is 10.0 Å². The van der Waals surface area contributed by atoms with Crippen molar-refractivity contribution in [2.24, 2.45) is 0 Å². The summed E-state index contributed by atoms with van der Waals surface area (Å²) in [5, 5.41) is 2.67. The van der Waals surface area contributed by atoms with Crippen molar-refractivity contribution in [1.82, 2.24) is 9.62 Å². The van der Waals surface area contributed by atoms with E-state index < -0.39 is 10.0 Å². The molecule has 0 bridgehead atoms. The molecule has 144 valence electrons. The molecular weight excluding hydrogens is 358 g/mol. The van der Waals surface area contributed by atoms with Crippen molar-refractivity contribution in [3.63, 3.8) is 0 Å². The van der Waals surface area contributed by atoms with Crippen LogP contribution in [0.25, 0.3) is 0 Å². The predicted molar refractivity (Wildman–Crippen MR) is 96.1 cm³/mol. The molecule has 2 aliphatic heterocycles. The smallest absolute Gasteiger partial charge is 0.251 e. The second-order valence-electron chi connectivity index (χ2n) is 6.84. The number of carbonyl (C=O) groups excluding carboxylic acids is 1. The summed E-state index contributed by atoms with van der Waals surface area (Å²) in [5.41, 5.74) is 0.415. The fourth-order valence-electron chi connectivity index (χ4n) is 3.26. The fraction of sp³-hybridized carbons (Fsp3) is 0.588. The molecule has 1 amide bonds. The largest absolute Gasteiger partial charge is 0.454 e. The summed E-state index contributed by atoms with van der Waals surface area (Å²) < 4.78 is 37.0. The Bertz CT molecular complexity index is 760. The van der Waals surface area contributed by atoms with Gasteiger partial charge in [0.25, 0.3) is 5.91 Å². The third-order valence-electron chi connectivity index (χ3n) is 5.04. The van der Waals surface area contributed by atoms with Gasteiger partial charge in [0.1, 0.15) is 0 Å². The number of hydrogen-bond donors (Lipinski definition) is 2. The van der Waals surface area contributed by atoms with Crippen LogP contribution in [0.5, 0.6) is 11.5 Å². The molecule has 9 heteroatoms. The number of nitrogens with one attached hydrogen (secondary N) is 2. The van der Waals surface area contributed by atoms with Crippen LogP contribution in [0.1, 0.15) is 23.2 Å². The minimum absolute atomic E-state index is 0.0493. The van der Waals surface area contributed by atoms with Gasteiger partial charge in [-0.05, 0) is 18.2 Å². The van der Waals surface area contributed by atoms with Gasteiger partial charge in [-0.3, -0.25) is 4.79 Å². The molecule has 1 saturated heterocycles. The molecule has 0 saturated carbocycles. The van der Waals surface area contributed by atoms with E-state index in [1.807, 2.05) is 0 Å². The number of quaternary nitrogens is 1. The average molecular weight is 384 g/mol. The Morgan fingerprint density at radius 1 is 1.27 bits per heavy atom. The van der Waals surface area contributed by atoms with E-state index in [9.17, 15) is 13.2 Å². The molecule has 1 fully saturated rings. The van der Waals surface area contributed by atoms with Crippen LogP contribution in [0.15, 0.2) is 18.2 Å². The molecule has 2 heterocycles. The number of ether oxygens (including phenoxy) is 2. The van der Waals surface area contributed by atoms with Crippen molar-refractivity contribution >= 4 is 15.9 Å². The zero-order chi connectivity index (χ0) is 18.7. The quantitative estimate of drug-likeness (QED) is 0.663. The molecule has 2 aliphatic rings. The Kier molecular flexibility index (Phi) is 5.69. The molecule has 1 aromatic rings. The molecule has 1 aromatic carbocycles. The first-order valence-corrected chi connectivity index (χ1v) is 10.4. The molecule has 0 atom stereocenters. The first-order valence-electron chi connectivity index (χ1n) is 8.81. The number of sulfonamides is 1. The Hall–Kier alpha value is -1.84. The Balaban J connectivity index is 1.51. The monoisotopic (exact) mass is 384 g/mol. The Morgan fingerprint density at radius 3 is 2.69 bits per heavy atom. The second kappa shape index (κ2) is 7.81. The van der Waals surface area contributed by atoms with Gasteiger partial charge in [-0.1, -0.05) is 0 Å². The van der Waals surface area contributed by atoms with Crippen LogP contribution in [-0.4, -0.2) is 70.9 Å². The fourth-order valence-corrected chi connectivity index (χ4v) is 4.58. The third-order valence-corrected chi connectivity index (χ3v) is 6.94. The van der Waals surface area contributed by atoms with Crippen molar-refractivity contribution < 1.29 is 27.6 Å². The molecule has 0 aliphatic carbocycles. The average Bonchev–Trinajstić information content (AvgIpc) is 3.09. The van der Waals surface area contributed by atoms with Gasteiger partial charge in [0.2, 0.25) is 16.8 Å². The first-order chi connectivity index (χ1) is 12.4. The lowest BCUT2D eigenvalue weighted by Gasteiger charge is -2.32. The first kappa shape index (κ1) is 18.9. The zero-order valence-electron chi connectivity index (χ0n) is 15.2. The van der Waals surface area contributed by atoms with Gasteiger partial charge in [0.15, 0.2) is 11.5 Å². The molecule has 26 heavy (non-hydrogen) atoms. The van der Waals surface area contributed by atoms with Crippen LogP contribution in [0.3, 0.4) is 0 Å². The lowest BCUT2D eigenvalue weighted by molar-refractivity contribution is -0.885. The van der Waals surface area contributed by atoms with Crippen LogP contribution in [0.2, 0.25) is 0 Å². The van der Waals surface area contributed by atoms with Gasteiger partial charge in [-0.25, -0.2) is 12.7 Å². The summed E-state index contributed by atoms with van der Waals surface area (Å²) in [7, 11) is 0.360. The summed E-state index contributed by atoms with van der Waals surface area (Å²) in [6.45, 7) is 2.16. The molecular formula is C17H26N3O5S+. The van der Waals surface area contributed by atoms with Gasteiger partial charge >= 0.3 is 0 Å². The van der Waals surface area contributed by atoms with Crippen LogP contribution in [0.4, 0.5) is 0 Å². The highest BCUT2D eigenvalue weighted by molar-refractivity contribution is 7.89. The number of fused-ring (bicyclic) bond motifs is 1. The number of amides is 1. The third kappa shape index (κ3) is 4.28. The highest BCUT2D eigenvalue weighted by atomic mass is 32.2. The van der Waals surface area contributed by atoms with E-state index in [1.54, 1.807) is 25.2 Å². The maximum absolute atomic E-state index is 12.5. The number of rotatable bonds is 6. The normalized spacial score (nSPS) is 22.4. The minimum Gasteiger partial charge on any atom is -0.454 e. The highest BCUT2D eigenvalue weighted by Crippen LogP contribution is 2.32. The molecule has 8 nitrogen and oxygen atoms in total. The van der Waals surface area contributed by atoms with E-state index in [2.05, 4.69) is 12.4 Å². The molecule has 3 rings (SSSR count). The number of carbonyl (C=O) groups is 1. The lowest BCUT2D eigenvalue weighted by atomic mass is 10.1. The number of piperidine rings is 1. The van der Waals surface area contributed by atoms with Crippen LogP contribution in [0, 0.1) is 0 Å². The number of benzene rings is 1. The highest BCUT2D eigenvalue weighted by Gasteiger charge is 2.30. The zero-order valence-corrected chi connectivity index (χ0v) is 16.0. The summed E-state index contributed by atoms with van der Waals surface area (Å²) >= 11 is 0. The molecule has 0 spiro atoms. The van der Waals surface area contributed by atoms with E-state index in [0.29, 0.717) is 17.1 Å². The second-order valence-corrected chi connectivity index (χ2v) is 8.99. The van der Waals surface area contributed by atoms with Gasteiger partial charge in [-0.2, -0.15) is 0 Å². The van der Waals surface area contributed by atoms with Crippen molar-refractivity contribution in [2.45, 2.75) is 18.9 Å². The summed E-state index contributed by atoms with van der Waals surface area (Å²) in [4.78, 5) is 13.7. The standard InChI is InChI=1S/C17H25N3O5S/c1-19-8-5-14(6-9-19)20(2)26(22,23)10-7-18-17(21)13-3-4-15-16(11-13)25-12-24-15/h3-4,11,14H,5-10,12H2,1-2H3,(H,18,21)/p+1. The Morgan fingerprint density at radius 2 is 1.96 bits per heavy atom. The molecule has 0 aromatic heterocycles. The van der Waals surface area contributed by atoms with E-state index in [4.69, 9.17) is 9.47 Å². The van der Waals surface area contributed by atoms with E-state index >= 15 is 0 Å². The molecule has 2 N–H and O–H groups in total. The van der Waals surface area contributed by atoms with E-state index in [0.717, 1.165) is 25.9 Å². The SMILES string of the molecule is CN(C1CC[NH+](C)CC1)S(=O)(=O)CCNC(=O)c1ccc2c(c1)OCO2. The van der Waals surface area contributed by atoms with E-state index in [-0.39, 0.29) is 31.0 Å².